The van der Waals surface area contributed by atoms with Gasteiger partial charge in [-0.1, -0.05) is 0 Å². The van der Waals surface area contributed by atoms with Crippen molar-refractivity contribution in [3.63, 3.8) is 0 Å². The van der Waals surface area contributed by atoms with Crippen LogP contribution in [0.4, 0.5) is 8.78 Å². The van der Waals surface area contributed by atoms with Crippen LogP contribution in [0.25, 0.3) is 0 Å². The van der Waals surface area contributed by atoms with Gasteiger partial charge in [-0.15, -0.1) is 0 Å². The van der Waals surface area contributed by atoms with E-state index in [-0.39, 0.29) is 29.6 Å². The van der Waals surface area contributed by atoms with Gasteiger partial charge in [0.05, 0.1) is 17.6 Å². The van der Waals surface area contributed by atoms with E-state index >= 15 is 0 Å². The Balaban J connectivity index is 0.00000225. The van der Waals surface area contributed by atoms with Crippen molar-refractivity contribution in [3.8, 4) is 0 Å². The molecule has 1 aromatic rings. The molecule has 1 rings (SSSR count). The van der Waals surface area contributed by atoms with Crippen LogP contribution in [-0.2, 0) is 15.8 Å². The summed E-state index contributed by atoms with van der Waals surface area (Å²) in [5.41, 5.74) is -0.753. The minimum atomic E-state index is -2.95. The van der Waals surface area contributed by atoms with E-state index < -0.39 is 39.1 Å². The normalized spacial score (nSPS) is 11.5. The van der Waals surface area contributed by atoms with Crippen LogP contribution in [0.3, 0.4) is 0 Å². The number of ether oxygens (including phenoxy) is 1. The van der Waals surface area contributed by atoms with Crippen molar-refractivity contribution in [2.45, 2.75) is 4.90 Å². The molecule has 0 N–H and O–H groups in total. The van der Waals surface area contributed by atoms with E-state index in [1.165, 1.54) is 0 Å². The number of esters is 1. The van der Waals surface area contributed by atoms with Gasteiger partial charge in [-0.25, -0.2) is 13.6 Å². The smallest absolute Gasteiger partial charge is 0.768 e. The minimum Gasteiger partial charge on any atom is -0.768 e. The zero-order valence-corrected chi connectivity index (χ0v) is 11.3. The molecule has 0 bridgehead atoms. The van der Waals surface area contributed by atoms with Gasteiger partial charge < -0.3 is 9.29 Å². The maximum Gasteiger partial charge on any atom is 1.00 e. The summed E-state index contributed by atoms with van der Waals surface area (Å²) in [6.07, 6.45) is 0. The third-order valence-electron chi connectivity index (χ3n) is 1.59. The zero-order valence-electron chi connectivity index (χ0n) is 8.45. The molecule has 1 aromatic carbocycles. The first kappa shape index (κ1) is 15.7. The van der Waals surface area contributed by atoms with Crippen LogP contribution in [0, 0.1) is 11.6 Å². The van der Waals surface area contributed by atoms with E-state index in [0.717, 1.165) is 7.11 Å². The third kappa shape index (κ3) is 3.33. The number of carbonyl (C=O) groups excluding carboxylic acids is 1. The molecule has 1 unspecified atom stereocenters. The summed E-state index contributed by atoms with van der Waals surface area (Å²) in [4.78, 5) is 10.0. The van der Waals surface area contributed by atoms with Gasteiger partial charge in [-0.3, -0.25) is 4.21 Å². The summed E-state index contributed by atoms with van der Waals surface area (Å²) in [5, 5.41) is 0. The number of benzene rings is 1. The van der Waals surface area contributed by atoms with Gasteiger partial charge >= 0.3 is 35.5 Å². The minimum absolute atomic E-state index is 0. The van der Waals surface area contributed by atoms with Gasteiger partial charge in [-0.05, 0) is 23.2 Å². The molecule has 0 saturated heterocycles. The maximum absolute atomic E-state index is 13.3. The summed E-state index contributed by atoms with van der Waals surface area (Å²) in [6.45, 7) is 0. The predicted molar refractivity (Wildman–Crippen MR) is 44.9 cm³/mol. The van der Waals surface area contributed by atoms with Gasteiger partial charge in [-0.2, -0.15) is 0 Å². The Morgan fingerprint density at radius 2 is 2.00 bits per heavy atom. The van der Waals surface area contributed by atoms with E-state index in [9.17, 15) is 22.3 Å². The molecule has 8 heteroatoms. The summed E-state index contributed by atoms with van der Waals surface area (Å²) >= 11 is -2.95. The Morgan fingerprint density at radius 1 is 1.44 bits per heavy atom. The Bertz CT molecular complexity index is 438. The van der Waals surface area contributed by atoms with E-state index in [2.05, 4.69) is 4.74 Å². The van der Waals surface area contributed by atoms with Crippen LogP contribution in [0.15, 0.2) is 17.0 Å². The molecule has 0 aromatic heterocycles. The zero-order chi connectivity index (χ0) is 11.6. The van der Waals surface area contributed by atoms with Crippen LogP contribution in [0.1, 0.15) is 10.4 Å². The van der Waals surface area contributed by atoms with Crippen LogP contribution in [0.5, 0.6) is 0 Å². The molecule has 0 aliphatic heterocycles. The number of hydrogen-bond donors (Lipinski definition) is 0. The summed E-state index contributed by atoms with van der Waals surface area (Å²) in [6, 6.07) is 1.04. The Morgan fingerprint density at radius 3 is 2.44 bits per heavy atom. The van der Waals surface area contributed by atoms with Crippen molar-refractivity contribution in [1.29, 1.82) is 0 Å². The molecule has 1 atom stereocenters. The van der Waals surface area contributed by atoms with Crippen LogP contribution in [0.2, 0.25) is 0 Å². The fraction of sp³-hybridized carbons (Fsp3) is 0.125. The average molecular weight is 258 g/mol. The van der Waals surface area contributed by atoms with Gasteiger partial charge in [0.25, 0.3) is 0 Å². The standard InChI is InChI=1S/C8H6F2O4S.Na/c1-14-8(11)5-2-4(9)3-6(7(5)10)15(12)13;/h2-3H,1H3,(H,12,13);/q;+1/p-1. The number of carbonyl (C=O) groups is 1. The van der Waals surface area contributed by atoms with Crippen LogP contribution in [-0.4, -0.2) is 21.8 Å². The maximum atomic E-state index is 13.3. The summed E-state index contributed by atoms with van der Waals surface area (Å²) in [5.74, 6) is -3.49. The van der Waals surface area contributed by atoms with Crippen molar-refractivity contribution >= 4 is 17.0 Å². The number of hydrogen-bond acceptors (Lipinski definition) is 4. The molecule has 0 saturated carbocycles. The first-order chi connectivity index (χ1) is 6.97. The fourth-order valence-electron chi connectivity index (χ4n) is 0.944. The van der Waals surface area contributed by atoms with E-state index in [1.54, 1.807) is 0 Å². The van der Waals surface area contributed by atoms with Gasteiger partial charge in [0.1, 0.15) is 5.82 Å². The molecular weight excluding hydrogens is 253 g/mol. The monoisotopic (exact) mass is 258 g/mol. The number of rotatable bonds is 2. The second-order valence-corrected chi connectivity index (χ2v) is 3.40. The molecule has 16 heavy (non-hydrogen) atoms. The van der Waals surface area contributed by atoms with E-state index in [4.69, 9.17) is 0 Å². The van der Waals surface area contributed by atoms with E-state index in [0.29, 0.717) is 12.1 Å². The topological polar surface area (TPSA) is 66.4 Å². The molecule has 0 aliphatic rings. The molecule has 0 heterocycles. The summed E-state index contributed by atoms with van der Waals surface area (Å²) < 4.78 is 51.2. The molecule has 0 aliphatic carbocycles. The SMILES string of the molecule is COC(=O)c1cc(F)cc(S(=O)[O-])c1F.[Na+]. The van der Waals surface area contributed by atoms with Crippen molar-refractivity contribution in [2.24, 2.45) is 0 Å². The molecule has 82 valence electrons. The Labute approximate surface area is 115 Å². The predicted octanol–water partition coefficient (Wildman–Crippen LogP) is -2.01. The van der Waals surface area contributed by atoms with Crippen molar-refractivity contribution in [1.82, 2.24) is 0 Å². The molecule has 0 radical (unpaired) electrons. The first-order valence-electron chi connectivity index (χ1n) is 3.64. The van der Waals surface area contributed by atoms with Gasteiger partial charge in [0.15, 0.2) is 5.82 Å². The quantitative estimate of drug-likeness (QED) is 0.349. The second kappa shape index (κ2) is 6.41. The molecule has 0 amide bonds. The molecule has 4 nitrogen and oxygen atoms in total. The van der Waals surface area contributed by atoms with Crippen molar-refractivity contribution in [2.75, 3.05) is 7.11 Å². The van der Waals surface area contributed by atoms with Gasteiger partial charge in [0, 0.05) is 0 Å². The fourth-order valence-corrected chi connectivity index (χ4v) is 1.41. The summed E-state index contributed by atoms with van der Waals surface area (Å²) in [7, 11) is 0.973. The largest absolute Gasteiger partial charge is 1.00 e. The average Bonchev–Trinajstić information content (AvgIpc) is 2.19. The molecular formula is C8H5F2NaO4S. The molecule has 0 fully saturated rings. The second-order valence-electron chi connectivity index (χ2n) is 2.49. The van der Waals surface area contributed by atoms with Crippen molar-refractivity contribution in [3.05, 3.63) is 29.3 Å². The Kier molecular flexibility index (Phi) is 6.27. The van der Waals surface area contributed by atoms with Gasteiger partial charge in [0.2, 0.25) is 0 Å². The van der Waals surface area contributed by atoms with E-state index in [1.807, 2.05) is 0 Å². The number of halogens is 2. The van der Waals surface area contributed by atoms with Crippen molar-refractivity contribution < 1.29 is 56.6 Å². The van der Waals surface area contributed by atoms with Crippen LogP contribution < -0.4 is 29.6 Å². The third-order valence-corrected chi connectivity index (χ3v) is 2.25. The Hall–Kier alpha value is -0.340. The molecule has 0 spiro atoms. The number of methoxy groups -OCH3 is 1. The first-order valence-corrected chi connectivity index (χ1v) is 4.71. The van der Waals surface area contributed by atoms with Crippen LogP contribution >= 0.6 is 0 Å².